The topological polar surface area (TPSA) is 62.8 Å². The van der Waals surface area contributed by atoms with E-state index in [0.717, 1.165) is 23.2 Å². The number of hydrogen-bond donors (Lipinski definition) is 1. The van der Waals surface area contributed by atoms with Crippen molar-refractivity contribution < 1.29 is 4.21 Å². The SMILES string of the molecule is CCc1n[nH]c(=O)c2c1CS(=O)CC2. The lowest BCUT2D eigenvalue weighted by Gasteiger charge is -2.16. The van der Waals surface area contributed by atoms with Crippen molar-refractivity contribution in [3.05, 3.63) is 27.2 Å². The third kappa shape index (κ3) is 1.52. The van der Waals surface area contributed by atoms with Crippen LogP contribution in [0, 0.1) is 0 Å². The molecule has 1 unspecified atom stereocenters. The molecule has 0 spiro atoms. The Morgan fingerprint density at radius 2 is 2.29 bits per heavy atom. The fourth-order valence-corrected chi connectivity index (χ4v) is 2.98. The van der Waals surface area contributed by atoms with Gasteiger partial charge in [0, 0.05) is 22.1 Å². The van der Waals surface area contributed by atoms with Gasteiger partial charge in [0.05, 0.1) is 11.4 Å². The quantitative estimate of drug-likeness (QED) is 0.720. The Labute approximate surface area is 84.2 Å². The summed E-state index contributed by atoms with van der Waals surface area (Å²) in [6.45, 7) is 1.98. The van der Waals surface area contributed by atoms with E-state index < -0.39 is 10.8 Å². The number of nitrogens with zero attached hydrogens (tertiary/aromatic N) is 1. The van der Waals surface area contributed by atoms with Gasteiger partial charge in [-0.15, -0.1) is 0 Å². The van der Waals surface area contributed by atoms with E-state index >= 15 is 0 Å². The third-order valence-corrected chi connectivity index (χ3v) is 3.77. The first-order valence-corrected chi connectivity index (χ1v) is 6.15. The van der Waals surface area contributed by atoms with Gasteiger partial charge in [0.25, 0.3) is 5.56 Å². The Hall–Kier alpha value is -0.970. The number of aromatic nitrogens is 2. The molecule has 0 fully saturated rings. The summed E-state index contributed by atoms with van der Waals surface area (Å²) in [7, 11) is -0.815. The molecule has 4 nitrogen and oxygen atoms in total. The molecule has 5 heteroatoms. The number of hydrogen-bond acceptors (Lipinski definition) is 3. The van der Waals surface area contributed by atoms with Crippen LogP contribution >= 0.6 is 0 Å². The van der Waals surface area contributed by atoms with Gasteiger partial charge in [-0.3, -0.25) is 9.00 Å². The zero-order valence-electron chi connectivity index (χ0n) is 8.00. The van der Waals surface area contributed by atoms with E-state index in [4.69, 9.17) is 0 Å². The molecule has 0 aliphatic carbocycles. The van der Waals surface area contributed by atoms with Crippen molar-refractivity contribution in [2.75, 3.05) is 5.75 Å². The van der Waals surface area contributed by atoms with Gasteiger partial charge < -0.3 is 0 Å². The van der Waals surface area contributed by atoms with Crippen LogP contribution in [0.3, 0.4) is 0 Å². The molecule has 1 aromatic rings. The van der Waals surface area contributed by atoms with Crippen molar-refractivity contribution in [3.63, 3.8) is 0 Å². The van der Waals surface area contributed by atoms with E-state index in [1.807, 2.05) is 6.92 Å². The number of aryl methyl sites for hydroxylation is 1. The maximum atomic E-state index is 11.4. The molecule has 1 aliphatic heterocycles. The van der Waals surface area contributed by atoms with Crippen LogP contribution in [0.25, 0.3) is 0 Å². The zero-order chi connectivity index (χ0) is 10.1. The van der Waals surface area contributed by atoms with Crippen molar-refractivity contribution in [2.45, 2.75) is 25.5 Å². The largest absolute Gasteiger partial charge is 0.268 e. The molecule has 1 N–H and O–H groups in total. The molecule has 0 aromatic carbocycles. The first-order chi connectivity index (χ1) is 6.72. The molecule has 2 rings (SSSR count). The van der Waals surface area contributed by atoms with E-state index in [2.05, 4.69) is 10.2 Å². The minimum atomic E-state index is -0.815. The smallest absolute Gasteiger partial charge is 0.267 e. The highest BCUT2D eigenvalue weighted by Crippen LogP contribution is 2.17. The maximum Gasteiger partial charge on any atom is 0.267 e. The molecular formula is C9H12N2O2S. The highest BCUT2D eigenvalue weighted by atomic mass is 32.2. The predicted octanol–water partition coefficient (Wildman–Crippen LogP) is 0.137. The molecule has 1 aliphatic rings. The molecular weight excluding hydrogens is 200 g/mol. The number of rotatable bonds is 1. The highest BCUT2D eigenvalue weighted by molar-refractivity contribution is 7.84. The number of H-pyrrole nitrogens is 1. The van der Waals surface area contributed by atoms with Gasteiger partial charge in [-0.05, 0) is 18.4 Å². The highest BCUT2D eigenvalue weighted by Gasteiger charge is 2.20. The average Bonchev–Trinajstić information content (AvgIpc) is 2.18. The van der Waals surface area contributed by atoms with Crippen LogP contribution in [0.1, 0.15) is 23.7 Å². The van der Waals surface area contributed by atoms with Gasteiger partial charge >= 0.3 is 0 Å². The zero-order valence-corrected chi connectivity index (χ0v) is 8.82. The van der Waals surface area contributed by atoms with Crippen molar-refractivity contribution in [1.29, 1.82) is 0 Å². The lowest BCUT2D eigenvalue weighted by Crippen LogP contribution is -2.26. The lowest BCUT2D eigenvalue weighted by atomic mass is 10.1. The van der Waals surface area contributed by atoms with Crippen LogP contribution in [-0.4, -0.2) is 20.2 Å². The molecule has 0 saturated heterocycles. The normalized spacial score (nSPS) is 20.5. The van der Waals surface area contributed by atoms with Gasteiger partial charge in [0.2, 0.25) is 0 Å². The van der Waals surface area contributed by atoms with Gasteiger partial charge in [0.1, 0.15) is 0 Å². The summed E-state index contributed by atoms with van der Waals surface area (Å²) >= 11 is 0. The second-order valence-electron chi connectivity index (χ2n) is 3.35. The van der Waals surface area contributed by atoms with E-state index in [-0.39, 0.29) is 5.56 Å². The fraction of sp³-hybridized carbons (Fsp3) is 0.556. The number of fused-ring (bicyclic) bond motifs is 1. The fourth-order valence-electron chi connectivity index (χ4n) is 1.74. The predicted molar refractivity (Wildman–Crippen MR) is 54.7 cm³/mol. The molecule has 1 atom stereocenters. The van der Waals surface area contributed by atoms with E-state index in [1.54, 1.807) is 0 Å². The van der Waals surface area contributed by atoms with Crippen LogP contribution in [0.2, 0.25) is 0 Å². The van der Waals surface area contributed by atoms with Crippen LogP contribution < -0.4 is 5.56 Å². The van der Waals surface area contributed by atoms with Gasteiger partial charge in [0.15, 0.2) is 0 Å². The summed E-state index contributed by atoms with van der Waals surface area (Å²) in [4.78, 5) is 11.4. The second-order valence-corrected chi connectivity index (χ2v) is 4.92. The molecule has 14 heavy (non-hydrogen) atoms. The van der Waals surface area contributed by atoms with Crippen molar-refractivity contribution >= 4 is 10.8 Å². The molecule has 0 radical (unpaired) electrons. The van der Waals surface area contributed by atoms with Crippen molar-refractivity contribution in [3.8, 4) is 0 Å². The summed E-state index contributed by atoms with van der Waals surface area (Å²) < 4.78 is 11.4. The third-order valence-electron chi connectivity index (χ3n) is 2.50. The van der Waals surface area contributed by atoms with Crippen LogP contribution in [0.5, 0.6) is 0 Å². The first kappa shape index (κ1) is 9.58. The summed E-state index contributed by atoms with van der Waals surface area (Å²) in [5.74, 6) is 1.10. The average molecular weight is 212 g/mol. The molecule has 0 amide bonds. The van der Waals surface area contributed by atoms with Crippen LogP contribution in [-0.2, 0) is 29.4 Å². The van der Waals surface area contributed by atoms with E-state index in [1.165, 1.54) is 0 Å². The molecule has 76 valence electrons. The van der Waals surface area contributed by atoms with E-state index in [0.29, 0.717) is 17.9 Å². The van der Waals surface area contributed by atoms with Crippen molar-refractivity contribution in [2.24, 2.45) is 0 Å². The maximum absolute atomic E-state index is 11.4. The Bertz CT molecular complexity index is 439. The van der Waals surface area contributed by atoms with Crippen LogP contribution in [0.4, 0.5) is 0 Å². The minimum absolute atomic E-state index is 0.117. The Kier molecular flexibility index (Phi) is 2.50. The molecule has 1 aromatic heterocycles. The summed E-state index contributed by atoms with van der Waals surface area (Å²) in [6.07, 6.45) is 1.39. The number of aromatic amines is 1. The lowest BCUT2D eigenvalue weighted by molar-refractivity contribution is 0.677. The van der Waals surface area contributed by atoms with Gasteiger partial charge in [-0.2, -0.15) is 5.10 Å². The summed E-state index contributed by atoms with van der Waals surface area (Å²) in [5, 5.41) is 6.46. The van der Waals surface area contributed by atoms with Gasteiger partial charge in [-0.25, -0.2) is 5.10 Å². The van der Waals surface area contributed by atoms with Gasteiger partial charge in [-0.1, -0.05) is 6.92 Å². The summed E-state index contributed by atoms with van der Waals surface area (Å²) in [6, 6.07) is 0. The molecule has 0 bridgehead atoms. The monoisotopic (exact) mass is 212 g/mol. The number of nitrogens with one attached hydrogen (secondary N) is 1. The van der Waals surface area contributed by atoms with E-state index in [9.17, 15) is 9.00 Å². The Morgan fingerprint density at radius 1 is 1.50 bits per heavy atom. The molecule has 0 saturated carbocycles. The summed E-state index contributed by atoms with van der Waals surface area (Å²) in [5.41, 5.74) is 2.47. The Balaban J connectivity index is 2.60. The standard InChI is InChI=1S/C9H12N2O2S/c1-2-8-7-5-14(13)4-3-6(7)9(12)11-10-8/h2-5H2,1H3,(H,11,12). The van der Waals surface area contributed by atoms with Crippen molar-refractivity contribution in [1.82, 2.24) is 10.2 Å². The van der Waals surface area contributed by atoms with Crippen LogP contribution in [0.15, 0.2) is 4.79 Å². The minimum Gasteiger partial charge on any atom is -0.268 e. The second kappa shape index (κ2) is 3.65. The Morgan fingerprint density at radius 3 is 3.00 bits per heavy atom. The first-order valence-electron chi connectivity index (χ1n) is 4.66. The molecule has 2 heterocycles.